The summed E-state index contributed by atoms with van der Waals surface area (Å²) in [7, 11) is 0. The molecule has 3 nitrogen and oxygen atoms in total. The van der Waals surface area contributed by atoms with Crippen LogP contribution in [0.5, 0.6) is 0 Å². The maximum absolute atomic E-state index is 3.70. The number of hydrogen-bond donors (Lipinski definition) is 0. The lowest BCUT2D eigenvalue weighted by atomic mass is 10.3. The van der Waals surface area contributed by atoms with Gasteiger partial charge in [0.2, 0.25) is 0 Å². The molecule has 3 heteroatoms. The fourth-order valence-electron chi connectivity index (χ4n) is 0.879. The summed E-state index contributed by atoms with van der Waals surface area (Å²) in [5, 5.41) is 7.40. The first kappa shape index (κ1) is 6.09. The van der Waals surface area contributed by atoms with Crippen LogP contribution in [0.15, 0.2) is 36.9 Å². The van der Waals surface area contributed by atoms with E-state index in [4.69, 9.17) is 0 Å². The molecule has 0 aliphatic heterocycles. The fraction of sp³-hybridized carbons (Fsp3) is 0. The van der Waals surface area contributed by atoms with Crippen LogP contribution in [0.4, 0.5) is 0 Å². The molecule has 0 aliphatic carbocycles. The molecule has 2 aromatic rings. The molecule has 1 aromatic heterocycles. The van der Waals surface area contributed by atoms with Crippen LogP contribution in [-0.2, 0) is 0 Å². The third-order valence-electron chi connectivity index (χ3n) is 1.41. The van der Waals surface area contributed by atoms with Gasteiger partial charge in [0.25, 0.3) is 0 Å². The second-order valence-corrected chi connectivity index (χ2v) is 2.13. The minimum absolute atomic E-state index is 1.03. The van der Waals surface area contributed by atoms with E-state index in [-0.39, 0.29) is 0 Å². The van der Waals surface area contributed by atoms with E-state index in [0.717, 1.165) is 5.69 Å². The first-order chi connectivity index (χ1) is 5.47. The van der Waals surface area contributed by atoms with Crippen LogP contribution in [0.25, 0.3) is 5.69 Å². The Kier molecular flexibility index (Phi) is 1.41. The second-order valence-electron chi connectivity index (χ2n) is 2.13. The van der Waals surface area contributed by atoms with Crippen molar-refractivity contribution in [3.05, 3.63) is 43.0 Å². The summed E-state index contributed by atoms with van der Waals surface area (Å²) in [6.07, 6.45) is 3.31. The zero-order valence-electron chi connectivity index (χ0n) is 5.81. The SMILES string of the molecule is [c]1cccc(-n2cnnc2)c1. The average molecular weight is 144 g/mol. The van der Waals surface area contributed by atoms with Crippen LogP contribution >= 0.6 is 0 Å². The maximum atomic E-state index is 3.70. The van der Waals surface area contributed by atoms with Gasteiger partial charge in [0.15, 0.2) is 0 Å². The quantitative estimate of drug-likeness (QED) is 0.599. The maximum Gasteiger partial charge on any atom is 0.123 e. The number of benzene rings is 1. The highest BCUT2D eigenvalue weighted by Gasteiger charge is 1.91. The second kappa shape index (κ2) is 2.54. The molecule has 0 atom stereocenters. The summed E-state index contributed by atoms with van der Waals surface area (Å²) in [5.74, 6) is 0. The molecular formula is C8H6N3. The van der Waals surface area contributed by atoms with Gasteiger partial charge in [0.05, 0.1) is 0 Å². The minimum atomic E-state index is 1.03. The molecule has 0 N–H and O–H groups in total. The van der Waals surface area contributed by atoms with Crippen molar-refractivity contribution in [1.29, 1.82) is 0 Å². The lowest BCUT2D eigenvalue weighted by molar-refractivity contribution is 1.06. The topological polar surface area (TPSA) is 30.7 Å². The Balaban J connectivity index is 2.46. The molecule has 2 rings (SSSR count). The molecule has 1 radical (unpaired) electrons. The van der Waals surface area contributed by atoms with E-state index >= 15 is 0 Å². The third-order valence-corrected chi connectivity index (χ3v) is 1.41. The Bertz CT molecular complexity index is 312. The summed E-state index contributed by atoms with van der Waals surface area (Å²) in [4.78, 5) is 0. The summed E-state index contributed by atoms with van der Waals surface area (Å²) in [6.45, 7) is 0. The van der Waals surface area contributed by atoms with Gasteiger partial charge in [-0.05, 0) is 18.2 Å². The highest BCUT2D eigenvalue weighted by molar-refractivity contribution is 5.29. The van der Waals surface area contributed by atoms with Crippen LogP contribution in [0, 0.1) is 6.07 Å². The molecule has 53 valence electrons. The van der Waals surface area contributed by atoms with Gasteiger partial charge >= 0.3 is 0 Å². The Morgan fingerprint density at radius 2 is 2.09 bits per heavy atom. The van der Waals surface area contributed by atoms with Gasteiger partial charge in [-0.1, -0.05) is 12.1 Å². The smallest absolute Gasteiger partial charge is 0.123 e. The monoisotopic (exact) mass is 144 g/mol. The van der Waals surface area contributed by atoms with Gasteiger partial charge in [-0.15, -0.1) is 10.2 Å². The molecule has 0 aliphatic rings. The molecular weight excluding hydrogens is 138 g/mol. The summed E-state index contributed by atoms with van der Waals surface area (Å²) >= 11 is 0. The van der Waals surface area contributed by atoms with E-state index < -0.39 is 0 Å². The largest absolute Gasteiger partial charge is 0.288 e. The average Bonchev–Trinajstić information content (AvgIpc) is 2.58. The summed E-state index contributed by atoms with van der Waals surface area (Å²) in [6, 6.07) is 10.6. The van der Waals surface area contributed by atoms with Crippen LogP contribution < -0.4 is 0 Å². The van der Waals surface area contributed by atoms with E-state index in [0.29, 0.717) is 0 Å². The molecule has 0 spiro atoms. The molecule has 0 fully saturated rings. The van der Waals surface area contributed by atoms with E-state index in [1.54, 1.807) is 12.7 Å². The van der Waals surface area contributed by atoms with E-state index in [1.165, 1.54) is 0 Å². The predicted octanol–water partition coefficient (Wildman–Crippen LogP) is 1.07. The normalized spacial score (nSPS) is 9.82. The highest BCUT2D eigenvalue weighted by Crippen LogP contribution is 2.02. The van der Waals surface area contributed by atoms with Crippen LogP contribution in [0.2, 0.25) is 0 Å². The molecule has 0 amide bonds. The Labute approximate surface area is 64.3 Å². The van der Waals surface area contributed by atoms with E-state index in [1.807, 2.05) is 28.8 Å². The zero-order chi connectivity index (χ0) is 7.52. The number of rotatable bonds is 1. The van der Waals surface area contributed by atoms with Crippen LogP contribution in [0.3, 0.4) is 0 Å². The molecule has 0 saturated carbocycles. The molecule has 0 bridgehead atoms. The Morgan fingerprint density at radius 1 is 1.27 bits per heavy atom. The van der Waals surface area contributed by atoms with Gasteiger partial charge in [0, 0.05) is 5.69 Å². The highest BCUT2D eigenvalue weighted by atomic mass is 15.2. The van der Waals surface area contributed by atoms with Gasteiger partial charge in [-0.3, -0.25) is 4.57 Å². The van der Waals surface area contributed by atoms with Crippen molar-refractivity contribution in [2.75, 3.05) is 0 Å². The van der Waals surface area contributed by atoms with Crippen molar-refractivity contribution < 1.29 is 0 Å². The standard InChI is InChI=1S/C8H6N3/c1-2-4-8(5-3-1)11-6-9-10-7-11/h1-2,4-7H. The zero-order valence-corrected chi connectivity index (χ0v) is 5.81. The number of nitrogens with zero attached hydrogens (tertiary/aromatic N) is 3. The molecule has 1 heterocycles. The van der Waals surface area contributed by atoms with Gasteiger partial charge < -0.3 is 0 Å². The van der Waals surface area contributed by atoms with E-state index in [9.17, 15) is 0 Å². The van der Waals surface area contributed by atoms with Crippen molar-refractivity contribution in [2.24, 2.45) is 0 Å². The van der Waals surface area contributed by atoms with Crippen LogP contribution in [0.1, 0.15) is 0 Å². The molecule has 0 saturated heterocycles. The predicted molar refractivity (Wildman–Crippen MR) is 40.2 cm³/mol. The van der Waals surface area contributed by atoms with Crippen molar-refractivity contribution >= 4 is 0 Å². The lowest BCUT2D eigenvalue weighted by Gasteiger charge is -1.96. The Morgan fingerprint density at radius 3 is 2.73 bits per heavy atom. The fourth-order valence-corrected chi connectivity index (χ4v) is 0.879. The van der Waals surface area contributed by atoms with Gasteiger partial charge in [0.1, 0.15) is 12.7 Å². The third kappa shape index (κ3) is 1.12. The van der Waals surface area contributed by atoms with Crippen molar-refractivity contribution in [2.45, 2.75) is 0 Å². The molecule has 0 unspecified atom stereocenters. The van der Waals surface area contributed by atoms with Crippen LogP contribution in [-0.4, -0.2) is 14.8 Å². The Hall–Kier alpha value is -1.64. The number of aromatic nitrogens is 3. The lowest BCUT2D eigenvalue weighted by Crippen LogP contribution is -1.87. The van der Waals surface area contributed by atoms with E-state index in [2.05, 4.69) is 16.3 Å². The molecule has 1 aromatic carbocycles. The van der Waals surface area contributed by atoms with Gasteiger partial charge in [-0.2, -0.15) is 0 Å². The first-order valence-electron chi connectivity index (χ1n) is 3.28. The molecule has 11 heavy (non-hydrogen) atoms. The van der Waals surface area contributed by atoms with Crippen molar-refractivity contribution in [1.82, 2.24) is 14.8 Å². The minimum Gasteiger partial charge on any atom is -0.288 e. The van der Waals surface area contributed by atoms with Crippen molar-refractivity contribution in [3.8, 4) is 5.69 Å². The summed E-state index contributed by atoms with van der Waals surface area (Å²) in [5.41, 5.74) is 1.03. The van der Waals surface area contributed by atoms with Crippen molar-refractivity contribution in [3.63, 3.8) is 0 Å². The van der Waals surface area contributed by atoms with Gasteiger partial charge in [-0.25, -0.2) is 0 Å². The number of hydrogen-bond acceptors (Lipinski definition) is 2. The summed E-state index contributed by atoms with van der Waals surface area (Å²) < 4.78 is 1.83. The first-order valence-corrected chi connectivity index (χ1v) is 3.28.